The molecule has 0 bridgehead atoms. The lowest BCUT2D eigenvalue weighted by Crippen LogP contribution is -2.39. The Hall–Kier alpha value is -1.80. The van der Waals surface area contributed by atoms with Crippen LogP contribution in [-0.2, 0) is 15.7 Å². The summed E-state index contributed by atoms with van der Waals surface area (Å²) < 4.78 is 49.9. The van der Waals surface area contributed by atoms with Gasteiger partial charge in [0.25, 0.3) is 0 Å². The minimum absolute atomic E-state index is 0.269. The minimum atomic E-state index is -4.35. The molecule has 0 spiro atoms. The molecule has 158 valence electrons. The molecule has 1 aromatic carbocycles. The van der Waals surface area contributed by atoms with E-state index in [2.05, 4.69) is 15.6 Å². The first-order valence-electron chi connectivity index (χ1n) is 9.81. The Kier molecular flexibility index (Phi) is 9.05. The van der Waals surface area contributed by atoms with Crippen LogP contribution in [0.15, 0.2) is 29.3 Å². The quantitative estimate of drug-likeness (QED) is 0.394. The Morgan fingerprint density at radius 2 is 2.07 bits per heavy atom. The van der Waals surface area contributed by atoms with E-state index in [1.807, 2.05) is 13.8 Å². The predicted molar refractivity (Wildman–Crippen MR) is 103 cm³/mol. The average molecular weight is 401 g/mol. The molecule has 1 aliphatic rings. The Bertz CT molecular complexity index is 617. The number of hydrogen-bond acceptors (Lipinski definition) is 3. The van der Waals surface area contributed by atoms with Crippen molar-refractivity contribution in [1.82, 2.24) is 10.6 Å². The fourth-order valence-corrected chi connectivity index (χ4v) is 2.94. The molecule has 0 amide bonds. The van der Waals surface area contributed by atoms with Crippen LogP contribution in [0.3, 0.4) is 0 Å². The summed E-state index contributed by atoms with van der Waals surface area (Å²) in [5, 5.41) is 6.30. The minimum Gasteiger partial charge on any atom is -0.381 e. The van der Waals surface area contributed by atoms with Gasteiger partial charge in [0.2, 0.25) is 0 Å². The SMILES string of the molecule is CCNC(=NCCCOC1CCOCC1)NC(C)c1cccc(C(F)(F)F)c1. The number of rotatable bonds is 8. The maximum absolute atomic E-state index is 12.9. The summed E-state index contributed by atoms with van der Waals surface area (Å²) in [6.07, 6.45) is -1.43. The van der Waals surface area contributed by atoms with Crippen molar-refractivity contribution >= 4 is 5.96 Å². The highest BCUT2D eigenvalue weighted by molar-refractivity contribution is 5.80. The van der Waals surface area contributed by atoms with Gasteiger partial charge >= 0.3 is 6.18 Å². The van der Waals surface area contributed by atoms with Crippen LogP contribution >= 0.6 is 0 Å². The van der Waals surface area contributed by atoms with Crippen molar-refractivity contribution in [2.24, 2.45) is 4.99 Å². The number of benzene rings is 1. The van der Waals surface area contributed by atoms with E-state index in [1.165, 1.54) is 12.1 Å². The van der Waals surface area contributed by atoms with Gasteiger partial charge in [0.1, 0.15) is 0 Å². The summed E-state index contributed by atoms with van der Waals surface area (Å²) in [7, 11) is 0. The molecule has 2 N–H and O–H groups in total. The van der Waals surface area contributed by atoms with Crippen LogP contribution in [-0.4, -0.2) is 45.0 Å². The summed E-state index contributed by atoms with van der Waals surface area (Å²) in [5.41, 5.74) is -0.0888. The zero-order valence-electron chi connectivity index (χ0n) is 16.5. The maximum atomic E-state index is 12.9. The number of aliphatic imine (C=N–C) groups is 1. The number of guanidine groups is 1. The fourth-order valence-electron chi connectivity index (χ4n) is 2.94. The van der Waals surface area contributed by atoms with E-state index in [1.54, 1.807) is 6.07 Å². The standard InChI is InChI=1S/C20H30F3N3O2/c1-3-24-19(25-10-5-11-28-18-8-12-27-13-9-18)26-15(2)16-6-4-7-17(14-16)20(21,22)23/h4,6-7,14-15,18H,3,5,8-13H2,1-2H3,(H2,24,25,26). The molecule has 1 unspecified atom stereocenters. The van der Waals surface area contributed by atoms with Crippen molar-refractivity contribution in [3.8, 4) is 0 Å². The predicted octanol–water partition coefficient (Wildman–Crippen LogP) is 3.91. The van der Waals surface area contributed by atoms with E-state index >= 15 is 0 Å². The Balaban J connectivity index is 1.84. The largest absolute Gasteiger partial charge is 0.416 e. The third-order valence-corrected chi connectivity index (χ3v) is 4.51. The van der Waals surface area contributed by atoms with Gasteiger partial charge in [0, 0.05) is 32.9 Å². The van der Waals surface area contributed by atoms with E-state index in [0.29, 0.717) is 31.2 Å². The van der Waals surface area contributed by atoms with Gasteiger partial charge in [-0.2, -0.15) is 13.2 Å². The highest BCUT2D eigenvalue weighted by atomic mass is 19.4. The van der Waals surface area contributed by atoms with Gasteiger partial charge in [-0.15, -0.1) is 0 Å². The molecule has 1 aromatic rings. The van der Waals surface area contributed by atoms with Crippen LogP contribution in [0, 0.1) is 0 Å². The molecule has 1 fully saturated rings. The summed E-state index contributed by atoms with van der Waals surface area (Å²) in [6, 6.07) is 5.04. The van der Waals surface area contributed by atoms with Crippen molar-refractivity contribution < 1.29 is 22.6 Å². The second-order valence-corrected chi connectivity index (χ2v) is 6.79. The molecule has 1 heterocycles. The van der Waals surface area contributed by atoms with Gasteiger partial charge in [-0.1, -0.05) is 12.1 Å². The summed E-state index contributed by atoms with van der Waals surface area (Å²) in [5.74, 6) is 0.582. The molecule has 1 atom stereocenters. The third-order valence-electron chi connectivity index (χ3n) is 4.51. The fraction of sp³-hybridized carbons (Fsp3) is 0.650. The molecule has 0 aliphatic carbocycles. The summed E-state index contributed by atoms with van der Waals surface area (Å²) in [6.45, 7) is 7.15. The van der Waals surface area contributed by atoms with Crippen molar-refractivity contribution in [3.63, 3.8) is 0 Å². The lowest BCUT2D eigenvalue weighted by molar-refractivity contribution is -0.137. The summed E-state index contributed by atoms with van der Waals surface area (Å²) >= 11 is 0. The zero-order valence-corrected chi connectivity index (χ0v) is 16.5. The number of hydrogen-bond donors (Lipinski definition) is 2. The Labute approximate surface area is 164 Å². The third kappa shape index (κ3) is 7.67. The molecule has 0 saturated carbocycles. The number of nitrogens with zero attached hydrogens (tertiary/aromatic N) is 1. The van der Waals surface area contributed by atoms with Crippen LogP contribution in [0.1, 0.15) is 50.3 Å². The van der Waals surface area contributed by atoms with E-state index in [-0.39, 0.29) is 12.1 Å². The molecular weight excluding hydrogens is 371 g/mol. The van der Waals surface area contributed by atoms with Crippen LogP contribution in [0.5, 0.6) is 0 Å². The maximum Gasteiger partial charge on any atom is 0.416 e. The number of halogens is 3. The molecule has 0 radical (unpaired) electrons. The molecular formula is C20H30F3N3O2. The van der Waals surface area contributed by atoms with Crippen LogP contribution in [0.4, 0.5) is 13.2 Å². The first kappa shape index (κ1) is 22.5. The number of alkyl halides is 3. The van der Waals surface area contributed by atoms with Crippen LogP contribution < -0.4 is 10.6 Å². The van der Waals surface area contributed by atoms with Crippen LogP contribution in [0.25, 0.3) is 0 Å². The van der Waals surface area contributed by atoms with Gasteiger partial charge in [0.05, 0.1) is 17.7 Å². The van der Waals surface area contributed by atoms with E-state index in [9.17, 15) is 13.2 Å². The van der Waals surface area contributed by atoms with Gasteiger partial charge in [-0.05, 0) is 50.8 Å². The molecule has 0 aromatic heterocycles. The molecule has 8 heteroatoms. The average Bonchev–Trinajstić information content (AvgIpc) is 2.68. The Morgan fingerprint density at radius 3 is 2.75 bits per heavy atom. The van der Waals surface area contributed by atoms with Gasteiger partial charge < -0.3 is 20.1 Å². The van der Waals surface area contributed by atoms with Crippen molar-refractivity contribution in [2.75, 3.05) is 32.9 Å². The highest BCUT2D eigenvalue weighted by Crippen LogP contribution is 2.30. The topological polar surface area (TPSA) is 54.9 Å². The van der Waals surface area contributed by atoms with Gasteiger partial charge in [0.15, 0.2) is 5.96 Å². The molecule has 2 rings (SSSR count). The molecule has 5 nitrogen and oxygen atoms in total. The lowest BCUT2D eigenvalue weighted by atomic mass is 10.1. The van der Waals surface area contributed by atoms with Crippen LogP contribution in [0.2, 0.25) is 0 Å². The van der Waals surface area contributed by atoms with Crippen molar-refractivity contribution in [2.45, 2.75) is 51.4 Å². The van der Waals surface area contributed by atoms with E-state index in [0.717, 1.165) is 38.5 Å². The first-order chi connectivity index (χ1) is 13.4. The number of nitrogens with one attached hydrogen (secondary N) is 2. The second kappa shape index (κ2) is 11.3. The Morgan fingerprint density at radius 1 is 1.32 bits per heavy atom. The smallest absolute Gasteiger partial charge is 0.381 e. The van der Waals surface area contributed by atoms with Crippen molar-refractivity contribution in [1.29, 1.82) is 0 Å². The zero-order chi connectivity index (χ0) is 20.4. The van der Waals surface area contributed by atoms with E-state index < -0.39 is 11.7 Å². The van der Waals surface area contributed by atoms with Gasteiger partial charge in [-0.25, -0.2) is 0 Å². The monoisotopic (exact) mass is 401 g/mol. The number of ether oxygens (including phenoxy) is 2. The van der Waals surface area contributed by atoms with E-state index in [4.69, 9.17) is 9.47 Å². The molecule has 1 saturated heterocycles. The molecule has 28 heavy (non-hydrogen) atoms. The normalized spacial score (nSPS) is 17.4. The second-order valence-electron chi connectivity index (χ2n) is 6.79. The van der Waals surface area contributed by atoms with Crippen molar-refractivity contribution in [3.05, 3.63) is 35.4 Å². The highest BCUT2D eigenvalue weighted by Gasteiger charge is 2.30. The first-order valence-corrected chi connectivity index (χ1v) is 9.81. The molecule has 1 aliphatic heterocycles. The lowest BCUT2D eigenvalue weighted by Gasteiger charge is -2.22. The summed E-state index contributed by atoms with van der Waals surface area (Å²) in [4.78, 5) is 4.50. The van der Waals surface area contributed by atoms with Gasteiger partial charge in [-0.3, -0.25) is 4.99 Å².